The zero-order valence-corrected chi connectivity index (χ0v) is 7.92. The predicted molar refractivity (Wildman–Crippen MR) is 53.9 cm³/mol. The molecule has 2 rings (SSSR count). The van der Waals surface area contributed by atoms with Crippen molar-refractivity contribution >= 4 is 5.69 Å². The second kappa shape index (κ2) is 3.79. The maximum Gasteiger partial charge on any atom is 0.0826 e. The lowest BCUT2D eigenvalue weighted by molar-refractivity contribution is 0.112. The summed E-state index contributed by atoms with van der Waals surface area (Å²) in [5.41, 5.74) is 2.46. The van der Waals surface area contributed by atoms with Crippen LogP contribution in [0.5, 0.6) is 0 Å². The van der Waals surface area contributed by atoms with Gasteiger partial charge in [-0.25, -0.2) is 0 Å². The predicted octanol–water partition coefficient (Wildman–Crippen LogP) is 2.58. The fraction of sp³-hybridized carbons (Fsp3) is 0.455. The Morgan fingerprint density at radius 3 is 3.08 bits per heavy atom. The van der Waals surface area contributed by atoms with Crippen molar-refractivity contribution in [3.05, 3.63) is 29.8 Å². The maximum absolute atomic E-state index is 5.61. The van der Waals surface area contributed by atoms with E-state index in [1.807, 2.05) is 7.05 Å². The van der Waals surface area contributed by atoms with Gasteiger partial charge in [-0.05, 0) is 30.5 Å². The Bertz CT molecular complexity index is 279. The lowest BCUT2D eigenvalue weighted by Gasteiger charge is -2.10. The molecule has 1 aliphatic heterocycles. The molecular formula is C11H15NO. The van der Waals surface area contributed by atoms with Gasteiger partial charge in [-0.3, -0.25) is 0 Å². The van der Waals surface area contributed by atoms with Crippen LogP contribution in [0.3, 0.4) is 0 Å². The first-order valence-electron chi connectivity index (χ1n) is 4.79. The zero-order chi connectivity index (χ0) is 9.10. The van der Waals surface area contributed by atoms with Gasteiger partial charge in [0.2, 0.25) is 0 Å². The van der Waals surface area contributed by atoms with Gasteiger partial charge in [-0.1, -0.05) is 12.1 Å². The van der Waals surface area contributed by atoms with Crippen molar-refractivity contribution in [2.75, 3.05) is 19.0 Å². The summed E-state index contributed by atoms with van der Waals surface area (Å²) >= 11 is 0. The fourth-order valence-corrected chi connectivity index (χ4v) is 1.73. The largest absolute Gasteiger partial charge is 0.388 e. The van der Waals surface area contributed by atoms with Gasteiger partial charge in [0.25, 0.3) is 0 Å². The van der Waals surface area contributed by atoms with E-state index in [1.54, 1.807) is 0 Å². The summed E-state index contributed by atoms with van der Waals surface area (Å²) in [6, 6.07) is 8.44. The molecule has 1 heterocycles. The highest BCUT2D eigenvalue weighted by atomic mass is 16.5. The Kier molecular flexibility index (Phi) is 2.50. The molecule has 1 saturated heterocycles. The van der Waals surface area contributed by atoms with E-state index in [4.69, 9.17) is 4.74 Å². The highest BCUT2D eigenvalue weighted by Gasteiger charge is 2.17. The van der Waals surface area contributed by atoms with Gasteiger partial charge < -0.3 is 10.1 Å². The van der Waals surface area contributed by atoms with E-state index in [2.05, 4.69) is 29.6 Å². The SMILES string of the molecule is CNc1cccc(C2CCCO2)c1. The molecule has 1 atom stereocenters. The van der Waals surface area contributed by atoms with Crippen molar-refractivity contribution < 1.29 is 4.74 Å². The van der Waals surface area contributed by atoms with Crippen LogP contribution in [0.2, 0.25) is 0 Å². The van der Waals surface area contributed by atoms with Crippen LogP contribution in [0, 0.1) is 0 Å². The van der Waals surface area contributed by atoms with Gasteiger partial charge in [0.15, 0.2) is 0 Å². The smallest absolute Gasteiger partial charge is 0.0826 e. The molecule has 0 amide bonds. The minimum absolute atomic E-state index is 0.327. The highest BCUT2D eigenvalue weighted by Crippen LogP contribution is 2.29. The van der Waals surface area contributed by atoms with Crippen LogP contribution in [0.25, 0.3) is 0 Å². The molecule has 2 nitrogen and oxygen atoms in total. The molecule has 0 aromatic heterocycles. The standard InChI is InChI=1S/C11H15NO/c1-12-10-5-2-4-9(8-10)11-6-3-7-13-11/h2,4-5,8,11-12H,3,6-7H2,1H3. The second-order valence-electron chi connectivity index (χ2n) is 3.38. The molecule has 1 N–H and O–H groups in total. The van der Waals surface area contributed by atoms with E-state index in [-0.39, 0.29) is 0 Å². The molecule has 2 heteroatoms. The first kappa shape index (κ1) is 8.57. The molecule has 0 saturated carbocycles. The Labute approximate surface area is 78.9 Å². The minimum atomic E-state index is 0.327. The molecule has 0 radical (unpaired) electrons. The Hall–Kier alpha value is -1.02. The molecule has 1 aliphatic rings. The van der Waals surface area contributed by atoms with Crippen LogP contribution in [0.1, 0.15) is 24.5 Å². The number of rotatable bonds is 2. The van der Waals surface area contributed by atoms with E-state index in [0.29, 0.717) is 6.10 Å². The van der Waals surface area contributed by atoms with E-state index in [0.717, 1.165) is 18.7 Å². The molecule has 70 valence electrons. The van der Waals surface area contributed by atoms with E-state index in [1.165, 1.54) is 12.0 Å². The van der Waals surface area contributed by atoms with Gasteiger partial charge in [0.05, 0.1) is 6.10 Å². The number of benzene rings is 1. The van der Waals surface area contributed by atoms with Crippen molar-refractivity contribution in [3.63, 3.8) is 0 Å². The number of hydrogen-bond acceptors (Lipinski definition) is 2. The first-order valence-corrected chi connectivity index (χ1v) is 4.79. The van der Waals surface area contributed by atoms with Crippen LogP contribution in [0.4, 0.5) is 5.69 Å². The summed E-state index contributed by atoms with van der Waals surface area (Å²) in [5, 5.41) is 3.14. The third-order valence-corrected chi connectivity index (χ3v) is 2.48. The average Bonchev–Trinajstić information content (AvgIpc) is 2.71. The van der Waals surface area contributed by atoms with E-state index >= 15 is 0 Å². The van der Waals surface area contributed by atoms with Gasteiger partial charge in [0.1, 0.15) is 0 Å². The lowest BCUT2D eigenvalue weighted by atomic mass is 10.1. The van der Waals surface area contributed by atoms with Crippen LogP contribution in [0.15, 0.2) is 24.3 Å². The summed E-state index contributed by atoms with van der Waals surface area (Å²) < 4.78 is 5.61. The molecular weight excluding hydrogens is 162 g/mol. The molecule has 0 spiro atoms. The van der Waals surface area contributed by atoms with Crippen LogP contribution >= 0.6 is 0 Å². The van der Waals surface area contributed by atoms with Crippen molar-refractivity contribution in [1.82, 2.24) is 0 Å². The third kappa shape index (κ3) is 1.83. The van der Waals surface area contributed by atoms with Crippen molar-refractivity contribution in [2.45, 2.75) is 18.9 Å². The Morgan fingerprint density at radius 2 is 2.38 bits per heavy atom. The minimum Gasteiger partial charge on any atom is -0.388 e. The van der Waals surface area contributed by atoms with Crippen LogP contribution in [-0.4, -0.2) is 13.7 Å². The lowest BCUT2D eigenvalue weighted by Crippen LogP contribution is -1.96. The summed E-state index contributed by atoms with van der Waals surface area (Å²) in [7, 11) is 1.94. The van der Waals surface area contributed by atoms with E-state index in [9.17, 15) is 0 Å². The quantitative estimate of drug-likeness (QED) is 0.749. The molecule has 1 aromatic carbocycles. The number of hydrogen-bond donors (Lipinski definition) is 1. The van der Waals surface area contributed by atoms with Crippen molar-refractivity contribution in [1.29, 1.82) is 0 Å². The molecule has 1 unspecified atom stereocenters. The topological polar surface area (TPSA) is 21.3 Å². The molecule has 1 fully saturated rings. The number of nitrogens with one attached hydrogen (secondary N) is 1. The summed E-state index contributed by atoms with van der Waals surface area (Å²) in [5.74, 6) is 0. The summed E-state index contributed by atoms with van der Waals surface area (Å²) in [6.07, 6.45) is 2.68. The van der Waals surface area contributed by atoms with E-state index < -0.39 is 0 Å². The number of ether oxygens (including phenoxy) is 1. The summed E-state index contributed by atoms with van der Waals surface area (Å²) in [6.45, 7) is 0.911. The van der Waals surface area contributed by atoms with Gasteiger partial charge in [-0.2, -0.15) is 0 Å². The average molecular weight is 177 g/mol. The fourth-order valence-electron chi connectivity index (χ4n) is 1.73. The van der Waals surface area contributed by atoms with Crippen LogP contribution < -0.4 is 5.32 Å². The molecule has 0 aliphatic carbocycles. The molecule has 0 bridgehead atoms. The summed E-state index contributed by atoms with van der Waals surface area (Å²) in [4.78, 5) is 0. The monoisotopic (exact) mass is 177 g/mol. The molecule has 1 aromatic rings. The van der Waals surface area contributed by atoms with Crippen LogP contribution in [-0.2, 0) is 4.74 Å². The van der Waals surface area contributed by atoms with Gasteiger partial charge in [-0.15, -0.1) is 0 Å². The van der Waals surface area contributed by atoms with Gasteiger partial charge in [0, 0.05) is 19.3 Å². The second-order valence-corrected chi connectivity index (χ2v) is 3.38. The van der Waals surface area contributed by atoms with Gasteiger partial charge >= 0.3 is 0 Å². The first-order chi connectivity index (χ1) is 6.40. The Balaban J connectivity index is 2.18. The normalized spacial score (nSPS) is 21.8. The molecule has 13 heavy (non-hydrogen) atoms. The Morgan fingerprint density at radius 1 is 1.46 bits per heavy atom. The number of anilines is 1. The zero-order valence-electron chi connectivity index (χ0n) is 7.92. The van der Waals surface area contributed by atoms with Crippen molar-refractivity contribution in [3.8, 4) is 0 Å². The third-order valence-electron chi connectivity index (χ3n) is 2.48. The van der Waals surface area contributed by atoms with Crippen molar-refractivity contribution in [2.24, 2.45) is 0 Å². The highest BCUT2D eigenvalue weighted by molar-refractivity contribution is 5.45. The maximum atomic E-state index is 5.61.